The largest absolute Gasteiger partial charge is 0.390 e. The van der Waals surface area contributed by atoms with Crippen LogP contribution in [-0.2, 0) is 9.59 Å². The molecular weight excluding hydrogens is 344 g/mol. The van der Waals surface area contributed by atoms with E-state index in [9.17, 15) is 14.9 Å². The van der Waals surface area contributed by atoms with Gasteiger partial charge in [-0.25, -0.2) is 4.99 Å². The Balaban J connectivity index is 1.80. The van der Waals surface area contributed by atoms with Crippen LogP contribution in [0.5, 0.6) is 0 Å². The van der Waals surface area contributed by atoms with Gasteiger partial charge in [0.1, 0.15) is 17.3 Å². The summed E-state index contributed by atoms with van der Waals surface area (Å²) in [5.74, 6) is -0.212. The van der Waals surface area contributed by atoms with Crippen molar-refractivity contribution in [2.45, 2.75) is 31.7 Å². The van der Waals surface area contributed by atoms with Crippen LogP contribution >= 0.6 is 0 Å². The van der Waals surface area contributed by atoms with Gasteiger partial charge >= 0.3 is 0 Å². The van der Waals surface area contributed by atoms with Crippen LogP contribution in [0.2, 0.25) is 0 Å². The molecule has 0 spiro atoms. The van der Waals surface area contributed by atoms with Crippen LogP contribution < -0.4 is 5.73 Å². The molecule has 144 valence electrons. The summed E-state index contributed by atoms with van der Waals surface area (Å²) in [6, 6.07) is 2.32. The Hall–Kier alpha value is -2.82. The second-order valence-electron chi connectivity index (χ2n) is 7.25. The van der Waals surface area contributed by atoms with Crippen LogP contribution in [0.3, 0.4) is 0 Å². The topological polar surface area (TPSA) is 106 Å². The molecule has 0 aromatic heterocycles. The van der Waals surface area contributed by atoms with Gasteiger partial charge in [-0.2, -0.15) is 5.26 Å². The lowest BCUT2D eigenvalue weighted by Gasteiger charge is -2.48. The van der Waals surface area contributed by atoms with Gasteiger partial charge in [-0.1, -0.05) is 19.4 Å². The van der Waals surface area contributed by atoms with Crippen LogP contribution in [0.25, 0.3) is 0 Å². The first-order valence-corrected chi connectivity index (χ1v) is 9.38. The summed E-state index contributed by atoms with van der Waals surface area (Å²) >= 11 is 0. The molecule has 2 unspecified atom stereocenters. The molecule has 2 amide bonds. The monoisotopic (exact) mass is 370 g/mol. The average molecular weight is 370 g/mol. The number of nitrogens with zero attached hydrogens (tertiary/aromatic N) is 5. The predicted octanol–water partition coefficient (Wildman–Crippen LogP) is 0.440. The van der Waals surface area contributed by atoms with Gasteiger partial charge in [-0.15, -0.1) is 0 Å². The van der Waals surface area contributed by atoms with Crippen LogP contribution in [0.4, 0.5) is 0 Å². The summed E-state index contributed by atoms with van der Waals surface area (Å²) in [4.78, 5) is 34.4. The fourth-order valence-corrected chi connectivity index (χ4v) is 4.49. The van der Waals surface area contributed by atoms with Crippen molar-refractivity contribution in [1.29, 1.82) is 5.26 Å². The lowest BCUT2D eigenvalue weighted by molar-refractivity contribution is -0.132. The van der Waals surface area contributed by atoms with E-state index in [1.807, 2.05) is 0 Å². The zero-order valence-corrected chi connectivity index (χ0v) is 15.7. The minimum atomic E-state index is -0.235. The molecule has 2 N–H and O–H groups in total. The molecule has 2 heterocycles. The van der Waals surface area contributed by atoms with E-state index in [0.717, 1.165) is 37.7 Å². The molecule has 27 heavy (non-hydrogen) atoms. The number of aliphatic imine (C=N–C) groups is 1. The Kier molecular flexibility index (Phi) is 5.49. The van der Waals surface area contributed by atoms with Gasteiger partial charge in [0, 0.05) is 50.9 Å². The van der Waals surface area contributed by atoms with E-state index in [-0.39, 0.29) is 35.0 Å². The molecule has 2 aliphatic heterocycles. The molecule has 1 saturated heterocycles. The number of hydrogen-bond donors (Lipinski definition) is 1. The van der Waals surface area contributed by atoms with Gasteiger partial charge < -0.3 is 20.4 Å². The maximum atomic E-state index is 12.7. The first-order valence-electron chi connectivity index (χ1n) is 9.38. The number of piperazine rings is 1. The fraction of sp³-hybridized carbons (Fsp3) is 0.579. The third-order valence-corrected chi connectivity index (χ3v) is 5.87. The summed E-state index contributed by atoms with van der Waals surface area (Å²) in [6.07, 6.45) is 5.25. The number of likely N-dealkylation sites (N-methyl/N-ethyl adjacent to an activating group) is 1. The number of fused-ring (bicyclic) bond motifs is 1. The summed E-state index contributed by atoms with van der Waals surface area (Å²) < 4.78 is 0. The van der Waals surface area contributed by atoms with Gasteiger partial charge in [-0.05, 0) is 12.8 Å². The van der Waals surface area contributed by atoms with Crippen LogP contribution in [0.15, 0.2) is 28.5 Å². The molecule has 0 bridgehead atoms. The van der Waals surface area contributed by atoms with E-state index in [1.54, 1.807) is 16.8 Å². The molecule has 2 fully saturated rings. The second-order valence-corrected chi connectivity index (χ2v) is 7.25. The Bertz CT molecular complexity index is 742. The van der Waals surface area contributed by atoms with Gasteiger partial charge in [0.2, 0.25) is 0 Å². The highest BCUT2D eigenvalue weighted by Crippen LogP contribution is 2.40. The number of rotatable bonds is 3. The Morgan fingerprint density at radius 2 is 1.96 bits per heavy atom. The fourth-order valence-electron chi connectivity index (χ4n) is 4.49. The van der Waals surface area contributed by atoms with E-state index < -0.39 is 0 Å². The average Bonchev–Trinajstić information content (AvgIpc) is 2.70. The van der Waals surface area contributed by atoms with E-state index in [0.29, 0.717) is 26.2 Å². The van der Waals surface area contributed by atoms with Gasteiger partial charge in [0.15, 0.2) is 0 Å². The molecule has 2 atom stereocenters. The Morgan fingerprint density at radius 3 is 2.59 bits per heavy atom. The third kappa shape index (κ3) is 3.42. The maximum absolute atomic E-state index is 12.7. The van der Waals surface area contributed by atoms with Crippen molar-refractivity contribution in [3.8, 4) is 6.07 Å². The first kappa shape index (κ1) is 19.0. The zero-order chi connectivity index (χ0) is 19.6. The van der Waals surface area contributed by atoms with Crippen molar-refractivity contribution in [2.24, 2.45) is 16.6 Å². The Labute approximate surface area is 159 Å². The van der Waals surface area contributed by atoms with Crippen LogP contribution in [0.1, 0.15) is 25.7 Å². The second kappa shape index (κ2) is 7.82. The lowest BCUT2D eigenvalue weighted by Crippen LogP contribution is -2.55. The van der Waals surface area contributed by atoms with Crippen LogP contribution in [0, 0.1) is 17.2 Å². The maximum Gasteiger partial charge on any atom is 0.272 e. The van der Waals surface area contributed by atoms with Gasteiger partial charge in [0.05, 0.1) is 6.34 Å². The minimum absolute atomic E-state index is 0.115. The normalized spacial score (nSPS) is 26.2. The molecule has 0 aromatic rings. The number of carbonyl (C=O) groups is 2. The number of amides is 2. The molecule has 1 aliphatic carbocycles. The van der Waals surface area contributed by atoms with Crippen LogP contribution in [-0.4, -0.2) is 72.1 Å². The SMILES string of the molecule is C=C(N=CN)C(=O)N1CCN(C2=C(C#N)C(=O)N(C)C3CCCCC23)CC1. The summed E-state index contributed by atoms with van der Waals surface area (Å²) in [7, 11) is 1.81. The zero-order valence-electron chi connectivity index (χ0n) is 15.7. The highest BCUT2D eigenvalue weighted by Gasteiger charge is 2.43. The molecule has 0 radical (unpaired) electrons. The van der Waals surface area contributed by atoms with Crippen molar-refractivity contribution in [1.82, 2.24) is 14.7 Å². The van der Waals surface area contributed by atoms with Crippen molar-refractivity contribution >= 4 is 18.2 Å². The predicted molar refractivity (Wildman–Crippen MR) is 101 cm³/mol. The smallest absolute Gasteiger partial charge is 0.272 e. The van der Waals surface area contributed by atoms with Crippen molar-refractivity contribution in [3.05, 3.63) is 23.5 Å². The Morgan fingerprint density at radius 1 is 1.30 bits per heavy atom. The summed E-state index contributed by atoms with van der Waals surface area (Å²) in [5, 5.41) is 9.66. The highest BCUT2D eigenvalue weighted by atomic mass is 16.2. The molecule has 3 aliphatic rings. The molecular formula is C19H26N6O2. The standard InChI is InChI=1S/C19H26N6O2/c1-13(22-12-21)18(26)25-9-7-24(8-10-25)17-14-5-3-4-6-16(14)23(2)19(27)15(17)11-20/h12,14,16H,1,3-10H2,2H3,(H2,21,22). The summed E-state index contributed by atoms with van der Waals surface area (Å²) in [6.45, 7) is 5.82. The first-order chi connectivity index (χ1) is 13.0. The van der Waals surface area contributed by atoms with Gasteiger partial charge in [-0.3, -0.25) is 9.59 Å². The van der Waals surface area contributed by atoms with Crippen molar-refractivity contribution in [3.63, 3.8) is 0 Å². The van der Waals surface area contributed by atoms with Crippen molar-refractivity contribution < 1.29 is 9.59 Å². The lowest BCUT2D eigenvalue weighted by atomic mass is 9.77. The van der Waals surface area contributed by atoms with E-state index in [2.05, 4.69) is 22.5 Å². The molecule has 8 heteroatoms. The third-order valence-electron chi connectivity index (χ3n) is 5.87. The summed E-state index contributed by atoms with van der Waals surface area (Å²) in [5.41, 5.74) is 6.49. The minimum Gasteiger partial charge on any atom is -0.390 e. The number of hydrogen-bond acceptors (Lipinski definition) is 5. The number of carbonyl (C=O) groups excluding carboxylic acids is 2. The number of nitrogens with two attached hydrogens (primary N) is 1. The molecule has 0 aromatic carbocycles. The molecule has 8 nitrogen and oxygen atoms in total. The van der Waals surface area contributed by atoms with E-state index in [1.165, 1.54) is 0 Å². The molecule has 3 rings (SSSR count). The van der Waals surface area contributed by atoms with Gasteiger partial charge in [0.25, 0.3) is 11.8 Å². The molecule has 1 saturated carbocycles. The highest BCUT2D eigenvalue weighted by molar-refractivity contribution is 5.99. The van der Waals surface area contributed by atoms with E-state index >= 15 is 0 Å². The van der Waals surface area contributed by atoms with Crippen molar-refractivity contribution in [2.75, 3.05) is 33.2 Å². The quantitative estimate of drug-likeness (QED) is 0.441. The van der Waals surface area contributed by atoms with E-state index in [4.69, 9.17) is 5.73 Å². The number of nitriles is 1.